The predicted octanol–water partition coefficient (Wildman–Crippen LogP) is 3.41. The number of carbonyl (C=O) groups is 1. The van der Waals surface area contributed by atoms with E-state index in [0.717, 1.165) is 40.8 Å². The van der Waals surface area contributed by atoms with E-state index in [-0.39, 0.29) is 5.91 Å². The van der Waals surface area contributed by atoms with Gasteiger partial charge in [0.1, 0.15) is 12.1 Å². The molecular formula is C23H32N6O. The lowest BCUT2D eigenvalue weighted by molar-refractivity contribution is -0.129. The number of rotatable bonds is 7. The summed E-state index contributed by atoms with van der Waals surface area (Å²) in [6, 6.07) is 3.91. The van der Waals surface area contributed by atoms with Gasteiger partial charge in [0, 0.05) is 31.3 Å². The number of nitrogens with zero attached hydrogens (tertiary/aromatic N) is 4. The highest BCUT2D eigenvalue weighted by molar-refractivity contribution is 5.76. The first kappa shape index (κ1) is 19.5. The Morgan fingerprint density at radius 3 is 2.40 bits per heavy atom. The molecule has 0 spiro atoms. The van der Waals surface area contributed by atoms with Crippen LogP contribution in [0.25, 0.3) is 5.82 Å². The van der Waals surface area contributed by atoms with E-state index in [1.807, 2.05) is 30.7 Å². The van der Waals surface area contributed by atoms with Crippen molar-refractivity contribution in [2.24, 2.45) is 23.2 Å². The lowest BCUT2D eigenvalue weighted by Crippen LogP contribution is -2.48. The fourth-order valence-corrected chi connectivity index (χ4v) is 6.72. The molecule has 0 saturated heterocycles. The van der Waals surface area contributed by atoms with Crippen molar-refractivity contribution in [1.82, 2.24) is 25.1 Å². The Labute approximate surface area is 178 Å². The third kappa shape index (κ3) is 3.94. The second-order valence-electron chi connectivity index (χ2n) is 9.97. The quantitative estimate of drug-likeness (QED) is 0.686. The molecule has 0 aliphatic heterocycles. The van der Waals surface area contributed by atoms with Gasteiger partial charge in [0.2, 0.25) is 5.91 Å². The van der Waals surface area contributed by atoms with Crippen LogP contribution < -0.4 is 10.6 Å². The van der Waals surface area contributed by atoms with Gasteiger partial charge in [-0.25, -0.2) is 14.6 Å². The summed E-state index contributed by atoms with van der Waals surface area (Å²) >= 11 is 0. The SMILES string of the molecule is Cc1cc(C)n(-c2cc(NCCNC(=O)CC34CC5CC(CC(C5)C3)C4)ncn2)n1. The molecule has 6 rings (SSSR count). The van der Waals surface area contributed by atoms with Crippen LogP contribution >= 0.6 is 0 Å². The minimum atomic E-state index is 0.213. The molecule has 4 aliphatic rings. The van der Waals surface area contributed by atoms with Gasteiger partial charge in [0.05, 0.1) is 5.69 Å². The van der Waals surface area contributed by atoms with Crippen molar-refractivity contribution in [3.8, 4) is 5.82 Å². The van der Waals surface area contributed by atoms with E-state index < -0.39 is 0 Å². The molecule has 7 heteroatoms. The Bertz CT molecular complexity index is 900. The van der Waals surface area contributed by atoms with Crippen LogP contribution in [0.5, 0.6) is 0 Å². The normalized spacial score (nSPS) is 29.2. The van der Waals surface area contributed by atoms with Crippen molar-refractivity contribution in [2.45, 2.75) is 58.8 Å². The molecule has 4 saturated carbocycles. The number of nitrogens with one attached hydrogen (secondary N) is 2. The molecule has 160 valence electrons. The van der Waals surface area contributed by atoms with Crippen LogP contribution in [-0.2, 0) is 4.79 Å². The number of carbonyl (C=O) groups excluding carboxylic acids is 1. The number of hydrogen-bond acceptors (Lipinski definition) is 5. The molecule has 7 nitrogen and oxygen atoms in total. The summed E-state index contributed by atoms with van der Waals surface area (Å²) in [6.07, 6.45) is 10.4. The highest BCUT2D eigenvalue weighted by atomic mass is 16.1. The van der Waals surface area contributed by atoms with Gasteiger partial charge < -0.3 is 10.6 Å². The molecule has 4 fully saturated rings. The minimum absolute atomic E-state index is 0.213. The van der Waals surface area contributed by atoms with Gasteiger partial charge in [-0.1, -0.05) is 0 Å². The van der Waals surface area contributed by atoms with Crippen LogP contribution in [0.3, 0.4) is 0 Å². The van der Waals surface area contributed by atoms with E-state index in [2.05, 4.69) is 25.7 Å². The molecule has 2 aromatic heterocycles. The minimum Gasteiger partial charge on any atom is -0.368 e. The van der Waals surface area contributed by atoms with Gasteiger partial charge in [-0.2, -0.15) is 5.10 Å². The Hall–Kier alpha value is -2.44. The molecule has 2 N–H and O–H groups in total. The number of aromatic nitrogens is 4. The highest BCUT2D eigenvalue weighted by Gasteiger charge is 2.51. The first-order chi connectivity index (χ1) is 14.5. The van der Waals surface area contributed by atoms with Crippen molar-refractivity contribution in [2.75, 3.05) is 18.4 Å². The Morgan fingerprint density at radius 1 is 1.07 bits per heavy atom. The van der Waals surface area contributed by atoms with Crippen LogP contribution in [-0.4, -0.2) is 38.7 Å². The third-order valence-corrected chi connectivity index (χ3v) is 7.33. The summed E-state index contributed by atoms with van der Waals surface area (Å²) in [5.74, 6) is 4.36. The monoisotopic (exact) mass is 408 g/mol. The topological polar surface area (TPSA) is 84.7 Å². The second kappa shape index (κ2) is 7.67. The van der Waals surface area contributed by atoms with E-state index in [0.29, 0.717) is 24.9 Å². The molecule has 0 aromatic carbocycles. The van der Waals surface area contributed by atoms with E-state index in [1.165, 1.54) is 38.5 Å². The maximum Gasteiger partial charge on any atom is 0.220 e. The van der Waals surface area contributed by atoms with Crippen molar-refractivity contribution in [3.05, 3.63) is 29.8 Å². The van der Waals surface area contributed by atoms with Crippen molar-refractivity contribution in [1.29, 1.82) is 0 Å². The molecule has 2 aromatic rings. The Kier molecular flexibility index (Phi) is 4.99. The van der Waals surface area contributed by atoms with Crippen LogP contribution in [0.2, 0.25) is 0 Å². The lowest BCUT2D eigenvalue weighted by Gasteiger charge is -2.56. The molecule has 2 heterocycles. The van der Waals surface area contributed by atoms with Crippen LogP contribution in [0.4, 0.5) is 5.82 Å². The average Bonchev–Trinajstić information content (AvgIpc) is 3.02. The van der Waals surface area contributed by atoms with Gasteiger partial charge in [-0.05, 0) is 81.6 Å². The number of anilines is 1. The van der Waals surface area contributed by atoms with E-state index >= 15 is 0 Å². The fraction of sp³-hybridized carbons (Fsp3) is 0.652. The number of aryl methyl sites for hydroxylation is 2. The molecule has 0 atom stereocenters. The molecule has 1 amide bonds. The summed E-state index contributed by atoms with van der Waals surface area (Å²) in [4.78, 5) is 21.3. The van der Waals surface area contributed by atoms with E-state index in [9.17, 15) is 4.79 Å². The van der Waals surface area contributed by atoms with Crippen LogP contribution in [0.15, 0.2) is 18.5 Å². The van der Waals surface area contributed by atoms with Crippen LogP contribution in [0, 0.1) is 37.0 Å². The first-order valence-electron chi connectivity index (χ1n) is 11.3. The van der Waals surface area contributed by atoms with Gasteiger partial charge in [0.15, 0.2) is 5.82 Å². The maximum atomic E-state index is 12.6. The summed E-state index contributed by atoms with van der Waals surface area (Å²) in [5, 5.41) is 10.9. The number of amides is 1. The highest BCUT2D eigenvalue weighted by Crippen LogP contribution is 2.61. The third-order valence-electron chi connectivity index (χ3n) is 7.33. The predicted molar refractivity (Wildman–Crippen MR) is 115 cm³/mol. The number of hydrogen-bond donors (Lipinski definition) is 2. The van der Waals surface area contributed by atoms with Crippen molar-refractivity contribution >= 4 is 11.7 Å². The van der Waals surface area contributed by atoms with E-state index in [4.69, 9.17) is 0 Å². The molecule has 4 bridgehead atoms. The van der Waals surface area contributed by atoms with Crippen LogP contribution in [0.1, 0.15) is 56.3 Å². The van der Waals surface area contributed by atoms with Gasteiger partial charge in [0.25, 0.3) is 0 Å². The zero-order valence-corrected chi connectivity index (χ0v) is 18.0. The smallest absolute Gasteiger partial charge is 0.220 e. The first-order valence-corrected chi connectivity index (χ1v) is 11.3. The summed E-state index contributed by atoms with van der Waals surface area (Å²) in [6.45, 7) is 5.22. The van der Waals surface area contributed by atoms with Gasteiger partial charge in [-0.15, -0.1) is 0 Å². The van der Waals surface area contributed by atoms with Gasteiger partial charge in [-0.3, -0.25) is 4.79 Å². The molecule has 0 unspecified atom stereocenters. The lowest BCUT2D eigenvalue weighted by atomic mass is 9.49. The Morgan fingerprint density at radius 2 is 1.77 bits per heavy atom. The van der Waals surface area contributed by atoms with Gasteiger partial charge >= 0.3 is 0 Å². The summed E-state index contributed by atoms with van der Waals surface area (Å²) in [7, 11) is 0. The Balaban J connectivity index is 1.11. The van der Waals surface area contributed by atoms with E-state index in [1.54, 1.807) is 6.33 Å². The zero-order valence-electron chi connectivity index (χ0n) is 18.0. The summed E-state index contributed by atoms with van der Waals surface area (Å²) < 4.78 is 1.81. The van der Waals surface area contributed by atoms with Crippen molar-refractivity contribution < 1.29 is 4.79 Å². The zero-order chi connectivity index (χ0) is 20.7. The molecule has 0 radical (unpaired) electrons. The standard InChI is InChI=1S/C23H32N6O/c1-15-5-16(2)29(28-15)21-9-20(26-14-27-21)24-3-4-25-22(30)13-23-10-17-6-18(11-23)8-19(7-17)12-23/h5,9,14,17-19H,3-4,6-8,10-13H2,1-2H3,(H,25,30)(H,24,26,27). The van der Waals surface area contributed by atoms with Crippen molar-refractivity contribution in [3.63, 3.8) is 0 Å². The largest absolute Gasteiger partial charge is 0.368 e. The fourth-order valence-electron chi connectivity index (χ4n) is 6.72. The summed E-state index contributed by atoms with van der Waals surface area (Å²) in [5.41, 5.74) is 2.30. The average molecular weight is 409 g/mol. The molecular weight excluding hydrogens is 376 g/mol. The second-order valence-corrected chi connectivity index (χ2v) is 9.97. The maximum absolute atomic E-state index is 12.6. The molecule has 30 heavy (non-hydrogen) atoms. The molecule has 4 aliphatic carbocycles.